The number of aromatic nitrogens is 1. The smallest absolute Gasteiger partial charge is 0.131 e. The van der Waals surface area contributed by atoms with Crippen LogP contribution >= 0.6 is 11.5 Å². The molecule has 0 saturated heterocycles. The number of nitrogens with zero attached hydrogens (tertiary/aromatic N) is 1. The minimum Gasteiger partial charge on any atom is -0.508 e. The molecule has 2 rings (SSSR count). The van der Waals surface area contributed by atoms with E-state index in [1.807, 2.05) is 0 Å². The van der Waals surface area contributed by atoms with Gasteiger partial charge in [-0.15, -0.1) is 0 Å². The van der Waals surface area contributed by atoms with E-state index in [9.17, 15) is 0 Å². The largest absolute Gasteiger partial charge is 0.508 e. The van der Waals surface area contributed by atoms with E-state index in [4.69, 9.17) is 15.6 Å². The summed E-state index contributed by atoms with van der Waals surface area (Å²) in [4.78, 5) is 0. The molecule has 0 fully saturated rings. The number of hydrogen-bond acceptors (Lipinski definition) is 5. The SMILES string of the molecule is Nc1cc(COc2ccc(O)cc2)ns1. The van der Waals surface area contributed by atoms with E-state index >= 15 is 0 Å². The number of hydrogen-bond donors (Lipinski definition) is 2. The fraction of sp³-hybridized carbons (Fsp3) is 0.100. The lowest BCUT2D eigenvalue weighted by Crippen LogP contribution is -1.94. The third kappa shape index (κ3) is 2.60. The maximum Gasteiger partial charge on any atom is 0.131 e. The van der Waals surface area contributed by atoms with Crippen molar-refractivity contribution >= 4 is 16.5 Å². The number of phenolic OH excluding ortho intramolecular Hbond substituents is 1. The van der Waals surface area contributed by atoms with Crippen LogP contribution in [0.2, 0.25) is 0 Å². The average Bonchev–Trinajstić information content (AvgIpc) is 2.64. The van der Waals surface area contributed by atoms with Crippen LogP contribution in [-0.2, 0) is 6.61 Å². The molecule has 0 spiro atoms. The molecule has 1 aromatic carbocycles. The topological polar surface area (TPSA) is 68.4 Å². The van der Waals surface area contributed by atoms with Crippen LogP contribution in [0.1, 0.15) is 5.69 Å². The van der Waals surface area contributed by atoms with Crippen LogP contribution in [0.4, 0.5) is 5.00 Å². The third-order valence-electron chi connectivity index (χ3n) is 1.80. The molecular formula is C10H10N2O2S. The van der Waals surface area contributed by atoms with E-state index in [1.54, 1.807) is 30.3 Å². The molecule has 4 nitrogen and oxygen atoms in total. The molecule has 0 aliphatic heterocycles. The van der Waals surface area contributed by atoms with Crippen molar-refractivity contribution in [2.75, 3.05) is 5.73 Å². The fourth-order valence-corrected chi connectivity index (χ4v) is 1.61. The molecule has 0 saturated carbocycles. The summed E-state index contributed by atoms with van der Waals surface area (Å²) in [6, 6.07) is 8.33. The zero-order valence-corrected chi connectivity index (χ0v) is 8.70. The van der Waals surface area contributed by atoms with Crippen LogP contribution in [0.5, 0.6) is 11.5 Å². The van der Waals surface area contributed by atoms with Crippen molar-refractivity contribution in [3.05, 3.63) is 36.0 Å². The molecule has 3 N–H and O–H groups in total. The number of nitrogens with two attached hydrogens (primary N) is 1. The van der Waals surface area contributed by atoms with Crippen molar-refractivity contribution in [2.45, 2.75) is 6.61 Å². The van der Waals surface area contributed by atoms with Crippen LogP contribution in [0.25, 0.3) is 0 Å². The molecule has 0 atom stereocenters. The van der Waals surface area contributed by atoms with Crippen molar-refractivity contribution in [3.8, 4) is 11.5 Å². The van der Waals surface area contributed by atoms with Crippen molar-refractivity contribution in [3.63, 3.8) is 0 Å². The average molecular weight is 222 g/mol. The van der Waals surface area contributed by atoms with E-state index in [0.717, 1.165) is 5.69 Å². The number of phenols is 1. The molecule has 0 aliphatic rings. The molecule has 15 heavy (non-hydrogen) atoms. The highest BCUT2D eigenvalue weighted by Gasteiger charge is 2.00. The normalized spacial score (nSPS) is 10.1. The summed E-state index contributed by atoms with van der Waals surface area (Å²) < 4.78 is 9.53. The highest BCUT2D eigenvalue weighted by Crippen LogP contribution is 2.18. The molecule has 0 radical (unpaired) electrons. The van der Waals surface area contributed by atoms with E-state index in [1.165, 1.54) is 11.5 Å². The first kappa shape index (κ1) is 9.79. The zero-order chi connectivity index (χ0) is 10.7. The predicted octanol–water partition coefficient (Wildman–Crippen LogP) is 2.01. The summed E-state index contributed by atoms with van der Waals surface area (Å²) in [7, 11) is 0. The van der Waals surface area contributed by atoms with Gasteiger partial charge in [-0.3, -0.25) is 0 Å². The first-order valence-corrected chi connectivity index (χ1v) is 5.14. The van der Waals surface area contributed by atoms with E-state index < -0.39 is 0 Å². The second kappa shape index (κ2) is 4.18. The second-order valence-corrected chi connectivity index (χ2v) is 3.84. The molecular weight excluding hydrogens is 212 g/mol. The Labute approximate surface area is 91.1 Å². The Balaban J connectivity index is 1.96. The predicted molar refractivity (Wildman–Crippen MR) is 59.0 cm³/mol. The highest BCUT2D eigenvalue weighted by atomic mass is 32.1. The first-order chi connectivity index (χ1) is 7.24. The maximum absolute atomic E-state index is 9.06. The minimum atomic E-state index is 0.222. The van der Waals surface area contributed by atoms with E-state index in [-0.39, 0.29) is 5.75 Å². The lowest BCUT2D eigenvalue weighted by atomic mass is 10.3. The fourth-order valence-electron chi connectivity index (χ4n) is 1.10. The monoisotopic (exact) mass is 222 g/mol. The number of rotatable bonds is 3. The zero-order valence-electron chi connectivity index (χ0n) is 7.88. The van der Waals surface area contributed by atoms with Gasteiger partial charge in [0, 0.05) is 0 Å². The van der Waals surface area contributed by atoms with Gasteiger partial charge in [-0.1, -0.05) is 0 Å². The Kier molecular flexibility index (Phi) is 2.73. The number of ether oxygens (including phenoxy) is 1. The molecule has 2 aromatic rings. The van der Waals surface area contributed by atoms with Crippen molar-refractivity contribution in [2.24, 2.45) is 0 Å². The van der Waals surface area contributed by atoms with Crippen LogP contribution < -0.4 is 10.5 Å². The standard InChI is InChI=1S/C10H10N2O2S/c11-10-5-7(12-15-10)6-14-9-3-1-8(13)2-4-9/h1-5,13H,6,11H2. The van der Waals surface area contributed by atoms with Crippen LogP contribution in [-0.4, -0.2) is 9.48 Å². The molecule has 0 amide bonds. The Morgan fingerprint density at radius 1 is 1.33 bits per heavy atom. The van der Waals surface area contributed by atoms with Gasteiger partial charge < -0.3 is 15.6 Å². The van der Waals surface area contributed by atoms with Gasteiger partial charge in [-0.25, -0.2) is 0 Å². The van der Waals surface area contributed by atoms with Crippen molar-refractivity contribution < 1.29 is 9.84 Å². The molecule has 0 unspecified atom stereocenters. The quantitative estimate of drug-likeness (QED) is 0.833. The lowest BCUT2D eigenvalue weighted by Gasteiger charge is -2.03. The van der Waals surface area contributed by atoms with Gasteiger partial charge in [0.25, 0.3) is 0 Å². The van der Waals surface area contributed by atoms with Gasteiger partial charge in [-0.2, -0.15) is 4.37 Å². The van der Waals surface area contributed by atoms with Gasteiger partial charge in [0.1, 0.15) is 23.1 Å². The third-order valence-corrected chi connectivity index (χ3v) is 2.46. The molecule has 78 valence electrons. The molecule has 1 aromatic heterocycles. The number of aromatic hydroxyl groups is 1. The molecule has 1 heterocycles. The number of benzene rings is 1. The lowest BCUT2D eigenvalue weighted by molar-refractivity contribution is 0.302. The van der Waals surface area contributed by atoms with Crippen LogP contribution in [0.15, 0.2) is 30.3 Å². The highest BCUT2D eigenvalue weighted by molar-refractivity contribution is 7.09. The van der Waals surface area contributed by atoms with Gasteiger partial charge in [0.2, 0.25) is 0 Å². The second-order valence-electron chi connectivity index (χ2n) is 3.00. The Hall–Kier alpha value is -1.75. The van der Waals surface area contributed by atoms with Gasteiger partial charge in [0.05, 0.1) is 5.69 Å². The van der Waals surface area contributed by atoms with Crippen molar-refractivity contribution in [1.29, 1.82) is 0 Å². The Morgan fingerprint density at radius 2 is 2.07 bits per heavy atom. The summed E-state index contributed by atoms with van der Waals surface area (Å²) >= 11 is 1.25. The Bertz CT molecular complexity index is 439. The summed E-state index contributed by atoms with van der Waals surface area (Å²) in [5, 5.41) is 9.74. The molecule has 0 bridgehead atoms. The van der Waals surface area contributed by atoms with Crippen molar-refractivity contribution in [1.82, 2.24) is 4.37 Å². The summed E-state index contributed by atoms with van der Waals surface area (Å²) in [5.74, 6) is 0.916. The molecule has 5 heteroatoms. The number of nitrogen functional groups attached to an aromatic ring is 1. The van der Waals surface area contributed by atoms with Crippen LogP contribution in [0.3, 0.4) is 0 Å². The number of anilines is 1. The van der Waals surface area contributed by atoms with Crippen LogP contribution in [0, 0.1) is 0 Å². The minimum absolute atomic E-state index is 0.222. The first-order valence-electron chi connectivity index (χ1n) is 4.37. The van der Waals surface area contributed by atoms with E-state index in [2.05, 4.69) is 4.37 Å². The van der Waals surface area contributed by atoms with Gasteiger partial charge >= 0.3 is 0 Å². The molecule has 0 aliphatic carbocycles. The van der Waals surface area contributed by atoms with Gasteiger partial charge in [-0.05, 0) is 41.9 Å². The Morgan fingerprint density at radius 3 is 2.67 bits per heavy atom. The summed E-state index contributed by atoms with van der Waals surface area (Å²) in [5.41, 5.74) is 6.35. The van der Waals surface area contributed by atoms with E-state index in [0.29, 0.717) is 17.4 Å². The maximum atomic E-state index is 9.06. The van der Waals surface area contributed by atoms with Gasteiger partial charge in [0.15, 0.2) is 0 Å². The summed E-state index contributed by atoms with van der Waals surface area (Å²) in [6.45, 7) is 0.387. The summed E-state index contributed by atoms with van der Waals surface area (Å²) in [6.07, 6.45) is 0.